The van der Waals surface area contributed by atoms with E-state index in [1.165, 1.54) is 24.0 Å². The van der Waals surface area contributed by atoms with Crippen LogP contribution in [0.15, 0.2) is 24.3 Å². The number of fused-ring (bicyclic) bond motifs is 6. The predicted octanol–water partition coefficient (Wildman–Crippen LogP) is 3.97. The van der Waals surface area contributed by atoms with Gasteiger partial charge in [-0.3, -0.25) is 0 Å². The third-order valence-electron chi connectivity index (χ3n) is 5.93. The van der Waals surface area contributed by atoms with E-state index in [-0.39, 0.29) is 13.2 Å². The fourth-order valence-corrected chi connectivity index (χ4v) is 4.85. The Morgan fingerprint density at radius 2 is 1.31 bits per heavy atom. The van der Waals surface area contributed by atoms with E-state index in [1.807, 2.05) is 12.1 Å². The van der Waals surface area contributed by atoms with Gasteiger partial charge in [0, 0.05) is 21.9 Å². The topological polar surface area (TPSA) is 58.9 Å². The smallest absolute Gasteiger partial charge is 0.131 e. The van der Waals surface area contributed by atoms with E-state index >= 15 is 0 Å². The van der Waals surface area contributed by atoms with Crippen LogP contribution in [-0.2, 0) is 0 Å². The van der Waals surface area contributed by atoms with Gasteiger partial charge in [-0.25, -0.2) is 0 Å². The van der Waals surface area contributed by atoms with Gasteiger partial charge in [0.05, 0.1) is 12.2 Å². The third-order valence-corrected chi connectivity index (χ3v) is 5.93. The van der Waals surface area contributed by atoms with Gasteiger partial charge in [-0.15, -0.1) is 0 Å². The molecule has 2 aromatic carbocycles. The molecule has 0 spiro atoms. The summed E-state index contributed by atoms with van der Waals surface area (Å²) in [7, 11) is 0. The predicted molar refractivity (Wildman–Crippen MR) is 102 cm³/mol. The maximum absolute atomic E-state index is 9.74. The van der Waals surface area contributed by atoms with E-state index in [9.17, 15) is 10.2 Å². The van der Waals surface area contributed by atoms with E-state index in [0.717, 1.165) is 22.3 Å². The van der Waals surface area contributed by atoms with Crippen LogP contribution in [0.25, 0.3) is 10.8 Å². The lowest BCUT2D eigenvalue weighted by Crippen LogP contribution is -2.17. The molecule has 0 aromatic heterocycles. The number of rotatable bonds is 6. The van der Waals surface area contributed by atoms with Crippen molar-refractivity contribution in [2.45, 2.75) is 57.7 Å². The zero-order chi connectivity index (χ0) is 18.4. The number of aliphatic hydroxyl groups excluding tert-OH is 2. The molecule has 1 fully saturated rings. The normalized spacial score (nSPS) is 26.0. The fraction of sp³-hybridized carbons (Fsp3) is 0.545. The van der Waals surface area contributed by atoms with Crippen molar-refractivity contribution in [2.75, 3.05) is 13.2 Å². The summed E-state index contributed by atoms with van der Waals surface area (Å²) in [5.74, 6) is 3.37. The highest BCUT2D eigenvalue weighted by Crippen LogP contribution is 2.63. The average Bonchev–Trinajstić information content (AvgIpc) is 3.10. The van der Waals surface area contributed by atoms with Gasteiger partial charge in [-0.2, -0.15) is 0 Å². The molecule has 2 aliphatic carbocycles. The summed E-state index contributed by atoms with van der Waals surface area (Å²) in [6.07, 6.45) is 1.34. The molecule has 0 saturated heterocycles. The molecule has 140 valence electrons. The van der Waals surface area contributed by atoms with Crippen LogP contribution < -0.4 is 9.47 Å². The average molecular weight is 356 g/mol. The molecule has 26 heavy (non-hydrogen) atoms. The molecule has 2 aromatic rings. The highest BCUT2D eigenvalue weighted by Gasteiger charge is 2.47. The second-order valence-electron chi connectivity index (χ2n) is 8.00. The Balaban J connectivity index is 1.93. The molecule has 2 aliphatic rings. The van der Waals surface area contributed by atoms with E-state index in [1.54, 1.807) is 13.8 Å². The van der Waals surface area contributed by atoms with Crippen LogP contribution >= 0.6 is 0 Å². The largest absolute Gasteiger partial charge is 0.490 e. The molecule has 2 N–H and O–H groups in total. The van der Waals surface area contributed by atoms with Gasteiger partial charge in [0.1, 0.15) is 24.7 Å². The van der Waals surface area contributed by atoms with Crippen LogP contribution in [0.4, 0.5) is 0 Å². The van der Waals surface area contributed by atoms with Crippen molar-refractivity contribution in [2.24, 2.45) is 5.92 Å². The minimum atomic E-state index is -0.508. The molecule has 4 nitrogen and oxygen atoms in total. The Kier molecular flexibility index (Phi) is 4.57. The summed E-state index contributed by atoms with van der Waals surface area (Å²) >= 11 is 0. The molecule has 4 unspecified atom stereocenters. The molecular formula is C22H28O4. The first kappa shape index (κ1) is 17.6. The lowest BCUT2D eigenvalue weighted by molar-refractivity contribution is 0.120. The Morgan fingerprint density at radius 3 is 1.69 bits per heavy atom. The van der Waals surface area contributed by atoms with Crippen LogP contribution in [0.1, 0.15) is 56.6 Å². The lowest BCUT2D eigenvalue weighted by Gasteiger charge is -2.25. The molecule has 4 atom stereocenters. The summed E-state index contributed by atoms with van der Waals surface area (Å²) in [4.78, 5) is 0. The molecule has 2 bridgehead atoms. The molecule has 4 rings (SSSR count). The molecule has 1 saturated carbocycles. The fourth-order valence-electron chi connectivity index (χ4n) is 4.85. The third kappa shape index (κ3) is 2.76. The SMILES string of the molecule is CC(O)COc1c2c(c(OCC(C)O)c3ccccc13)C1CCC2C1C. The van der Waals surface area contributed by atoms with Gasteiger partial charge in [-0.1, -0.05) is 31.2 Å². The monoisotopic (exact) mass is 356 g/mol. The first-order valence-corrected chi connectivity index (χ1v) is 9.69. The Labute approximate surface area is 154 Å². The van der Waals surface area contributed by atoms with Gasteiger partial charge in [0.15, 0.2) is 0 Å². The molecule has 0 radical (unpaired) electrons. The standard InChI is InChI=1S/C22H28O4/c1-12(23)10-25-21-17-6-4-5-7-18(17)22(26-11-13(2)24)20-16-9-8-15(14(16)3)19(20)21/h4-7,12-16,23-24H,8-11H2,1-3H3. The molecular weight excluding hydrogens is 328 g/mol. The van der Waals surface area contributed by atoms with Gasteiger partial charge in [-0.05, 0) is 44.4 Å². The van der Waals surface area contributed by atoms with Crippen LogP contribution in [-0.4, -0.2) is 35.6 Å². The van der Waals surface area contributed by atoms with E-state index in [0.29, 0.717) is 17.8 Å². The summed E-state index contributed by atoms with van der Waals surface area (Å²) in [5, 5.41) is 21.6. The van der Waals surface area contributed by atoms with Crippen LogP contribution in [0.3, 0.4) is 0 Å². The van der Waals surface area contributed by atoms with Crippen molar-refractivity contribution in [1.29, 1.82) is 0 Å². The van der Waals surface area contributed by atoms with Crippen molar-refractivity contribution in [1.82, 2.24) is 0 Å². The number of aliphatic hydroxyl groups is 2. The summed E-state index contributed by atoms with van der Waals surface area (Å²) in [6, 6.07) is 8.16. The van der Waals surface area contributed by atoms with Crippen molar-refractivity contribution in [3.63, 3.8) is 0 Å². The van der Waals surface area contributed by atoms with Crippen LogP contribution in [0.2, 0.25) is 0 Å². The van der Waals surface area contributed by atoms with Crippen molar-refractivity contribution >= 4 is 10.8 Å². The summed E-state index contributed by atoms with van der Waals surface area (Å²) in [5.41, 5.74) is 2.54. The highest BCUT2D eigenvalue weighted by molar-refractivity contribution is 5.97. The first-order valence-electron chi connectivity index (χ1n) is 9.69. The zero-order valence-corrected chi connectivity index (χ0v) is 15.7. The van der Waals surface area contributed by atoms with Gasteiger partial charge < -0.3 is 19.7 Å². The molecule has 0 heterocycles. The van der Waals surface area contributed by atoms with Gasteiger partial charge >= 0.3 is 0 Å². The van der Waals surface area contributed by atoms with Crippen LogP contribution in [0, 0.1) is 5.92 Å². The van der Waals surface area contributed by atoms with Crippen molar-refractivity contribution < 1.29 is 19.7 Å². The molecule has 0 amide bonds. The quantitative estimate of drug-likeness (QED) is 0.822. The highest BCUT2D eigenvalue weighted by atomic mass is 16.5. The summed E-state index contributed by atoms with van der Waals surface area (Å²) < 4.78 is 12.3. The number of benzene rings is 2. The van der Waals surface area contributed by atoms with Crippen molar-refractivity contribution in [3.05, 3.63) is 35.4 Å². The Hall–Kier alpha value is -1.78. The van der Waals surface area contributed by atoms with Gasteiger partial charge in [0.25, 0.3) is 0 Å². The Bertz CT molecular complexity index is 745. The first-order chi connectivity index (χ1) is 12.5. The number of hydrogen-bond donors (Lipinski definition) is 2. The van der Waals surface area contributed by atoms with E-state index in [2.05, 4.69) is 19.1 Å². The maximum atomic E-state index is 9.74. The second kappa shape index (κ2) is 6.75. The number of ether oxygens (including phenoxy) is 2. The minimum Gasteiger partial charge on any atom is -0.490 e. The second-order valence-corrected chi connectivity index (χ2v) is 8.00. The van der Waals surface area contributed by atoms with Crippen molar-refractivity contribution in [3.8, 4) is 11.5 Å². The Morgan fingerprint density at radius 1 is 0.885 bits per heavy atom. The summed E-state index contributed by atoms with van der Waals surface area (Å²) in [6.45, 7) is 6.39. The van der Waals surface area contributed by atoms with Crippen LogP contribution in [0.5, 0.6) is 11.5 Å². The molecule has 4 heteroatoms. The zero-order valence-electron chi connectivity index (χ0n) is 15.7. The van der Waals surface area contributed by atoms with E-state index in [4.69, 9.17) is 9.47 Å². The number of hydrogen-bond acceptors (Lipinski definition) is 4. The lowest BCUT2D eigenvalue weighted by atomic mass is 9.87. The maximum Gasteiger partial charge on any atom is 0.131 e. The van der Waals surface area contributed by atoms with E-state index < -0.39 is 12.2 Å². The van der Waals surface area contributed by atoms with Gasteiger partial charge in [0.2, 0.25) is 0 Å². The minimum absolute atomic E-state index is 0.288. The molecule has 0 aliphatic heterocycles.